The first-order chi connectivity index (χ1) is 19.6. The highest BCUT2D eigenvalue weighted by Gasteiger charge is 2.32. The van der Waals surface area contributed by atoms with Crippen molar-refractivity contribution in [1.82, 2.24) is 24.4 Å². The smallest absolute Gasteiger partial charge is 0.255 e. The van der Waals surface area contributed by atoms with Crippen LogP contribution in [0.2, 0.25) is 0 Å². The zero-order valence-electron chi connectivity index (χ0n) is 21.7. The summed E-state index contributed by atoms with van der Waals surface area (Å²) in [5.74, 6) is 1.14. The summed E-state index contributed by atoms with van der Waals surface area (Å²) >= 11 is 0. The molecule has 0 bridgehead atoms. The van der Waals surface area contributed by atoms with E-state index in [-0.39, 0.29) is 11.8 Å². The number of nitrogen functional groups attached to an aromatic ring is 1. The Morgan fingerprint density at radius 3 is 2.45 bits per heavy atom. The lowest BCUT2D eigenvalue weighted by Crippen LogP contribution is -2.49. The Morgan fingerprint density at radius 1 is 0.975 bits per heavy atom. The van der Waals surface area contributed by atoms with Crippen LogP contribution in [-0.4, -0.2) is 49.6 Å². The van der Waals surface area contributed by atoms with Crippen molar-refractivity contribution in [3.8, 4) is 28.3 Å². The molecule has 6 rings (SSSR count). The summed E-state index contributed by atoms with van der Waals surface area (Å²) in [5.41, 5.74) is 12.7. The van der Waals surface area contributed by atoms with Crippen LogP contribution in [0.1, 0.15) is 11.5 Å². The lowest BCUT2D eigenvalue weighted by molar-refractivity contribution is -0.130. The molecule has 1 amide bonds. The monoisotopic (exact) mass is 525 g/mol. The first-order valence-electron chi connectivity index (χ1n) is 13.0. The minimum absolute atomic E-state index is 0.147. The van der Waals surface area contributed by atoms with Gasteiger partial charge in [-0.05, 0) is 48.0 Å². The molecule has 0 spiro atoms. The Morgan fingerprint density at radius 2 is 1.75 bits per heavy atom. The molecule has 1 aliphatic rings. The first kappa shape index (κ1) is 24.9. The number of imidazole rings is 1. The van der Waals surface area contributed by atoms with Gasteiger partial charge < -0.3 is 16.0 Å². The van der Waals surface area contributed by atoms with Gasteiger partial charge in [0.1, 0.15) is 11.3 Å². The fourth-order valence-electron chi connectivity index (χ4n) is 5.00. The number of pyridine rings is 2. The minimum Gasteiger partial charge on any atom is -0.383 e. The van der Waals surface area contributed by atoms with Crippen LogP contribution in [0.4, 0.5) is 5.82 Å². The molecule has 1 saturated heterocycles. The van der Waals surface area contributed by atoms with Gasteiger partial charge in [-0.15, -0.1) is 0 Å². The van der Waals surface area contributed by atoms with E-state index in [0.29, 0.717) is 30.3 Å². The number of allylic oxidation sites excluding steroid dienone is 2. The number of carbonyl (C=O) groups excluding carboxylic acids is 1. The number of hydrogen-bond donors (Lipinski definition) is 2. The minimum atomic E-state index is -0.147. The number of amides is 1. The van der Waals surface area contributed by atoms with E-state index in [1.165, 1.54) is 6.08 Å². The molecule has 1 aliphatic heterocycles. The second-order valence-corrected chi connectivity index (χ2v) is 9.61. The number of benzene rings is 2. The topological polar surface area (TPSA) is 114 Å². The Kier molecular flexibility index (Phi) is 6.49. The van der Waals surface area contributed by atoms with Crippen LogP contribution in [0.25, 0.3) is 39.5 Å². The molecule has 3 N–H and O–H groups in total. The summed E-state index contributed by atoms with van der Waals surface area (Å²) < 4.78 is 2.02. The highest BCUT2D eigenvalue weighted by molar-refractivity contribution is 6.11. The summed E-state index contributed by atoms with van der Waals surface area (Å²) in [6, 6.07) is 26.0. The highest BCUT2D eigenvalue weighted by atomic mass is 16.2. The van der Waals surface area contributed by atoms with E-state index < -0.39 is 0 Å². The van der Waals surface area contributed by atoms with E-state index in [1.54, 1.807) is 17.2 Å². The fraction of sp³-hybridized carbons (Fsp3) is 0.0938. The van der Waals surface area contributed by atoms with Gasteiger partial charge in [-0.25, -0.2) is 15.0 Å². The Bertz CT molecular complexity index is 1760. The van der Waals surface area contributed by atoms with Crippen LogP contribution in [0, 0.1) is 5.41 Å². The Labute approximate surface area is 231 Å². The quantitative estimate of drug-likeness (QED) is 0.167. The average Bonchev–Trinajstić information content (AvgIpc) is 3.34. The molecule has 8 heteroatoms. The summed E-state index contributed by atoms with van der Waals surface area (Å²) in [6.45, 7) is 4.83. The molecule has 4 heterocycles. The molecule has 0 saturated carbocycles. The maximum absolute atomic E-state index is 12.6. The SMILES string of the molecule is C=C/C=C(\C=N)C(=O)N1CC(c2ccc(-n3c(-c4cccnc4N)nc4ccc(-c5ccccc5)nc43)cc2)C1. The molecule has 0 radical (unpaired) electrons. The molecule has 0 aliphatic carbocycles. The van der Waals surface area contributed by atoms with Gasteiger partial charge in [0, 0.05) is 42.7 Å². The number of fused-ring (bicyclic) bond motifs is 1. The third-order valence-corrected chi connectivity index (χ3v) is 7.14. The standard InChI is InChI=1S/C32H27N7O/c1-2-7-23(18-33)32(40)38-19-24(20-38)21-11-13-25(14-12-21)39-30(26-10-6-17-35-29(26)34)37-28-16-15-27(36-31(28)39)22-8-4-3-5-9-22/h2-18,24,33H,1,19-20H2,(H2,34,35)/b23-7+,33-18?. The van der Waals surface area contributed by atoms with E-state index in [0.717, 1.165) is 45.5 Å². The molecule has 1 fully saturated rings. The molecular weight excluding hydrogens is 498 g/mol. The zero-order valence-corrected chi connectivity index (χ0v) is 21.7. The van der Waals surface area contributed by atoms with E-state index in [1.807, 2.05) is 59.2 Å². The van der Waals surface area contributed by atoms with Gasteiger partial charge >= 0.3 is 0 Å². The molecule has 0 atom stereocenters. The van der Waals surface area contributed by atoms with Crippen LogP contribution < -0.4 is 5.73 Å². The number of rotatable bonds is 7. The maximum Gasteiger partial charge on any atom is 0.255 e. The second kappa shape index (κ2) is 10.4. The number of aromatic nitrogens is 4. The fourth-order valence-corrected chi connectivity index (χ4v) is 5.00. The van der Waals surface area contributed by atoms with E-state index >= 15 is 0 Å². The number of hydrogen-bond acceptors (Lipinski definition) is 6. The predicted octanol–water partition coefficient (Wildman–Crippen LogP) is 5.42. The molecular formula is C32H27N7O. The molecule has 40 heavy (non-hydrogen) atoms. The van der Waals surface area contributed by atoms with Crippen molar-refractivity contribution in [2.75, 3.05) is 18.8 Å². The number of likely N-dealkylation sites (tertiary alicyclic amines) is 1. The van der Waals surface area contributed by atoms with Crippen molar-refractivity contribution < 1.29 is 4.79 Å². The normalized spacial score (nSPS) is 13.7. The number of anilines is 1. The van der Waals surface area contributed by atoms with Crippen molar-refractivity contribution in [2.45, 2.75) is 5.92 Å². The molecule has 8 nitrogen and oxygen atoms in total. The lowest BCUT2D eigenvalue weighted by Gasteiger charge is -2.39. The van der Waals surface area contributed by atoms with Crippen LogP contribution in [0.3, 0.4) is 0 Å². The number of nitrogens with one attached hydrogen (secondary N) is 1. The molecule has 196 valence electrons. The van der Waals surface area contributed by atoms with Crippen LogP contribution in [0.15, 0.2) is 109 Å². The number of nitrogens with zero attached hydrogens (tertiary/aromatic N) is 5. The first-order valence-corrected chi connectivity index (χ1v) is 13.0. The van der Waals surface area contributed by atoms with Gasteiger partial charge in [0.05, 0.1) is 16.8 Å². The van der Waals surface area contributed by atoms with Crippen molar-refractivity contribution in [1.29, 1.82) is 5.41 Å². The van der Waals surface area contributed by atoms with E-state index in [4.69, 9.17) is 21.1 Å². The summed E-state index contributed by atoms with van der Waals surface area (Å²) in [4.78, 5) is 28.6. The van der Waals surface area contributed by atoms with Crippen LogP contribution in [0.5, 0.6) is 0 Å². The van der Waals surface area contributed by atoms with Gasteiger partial charge in [-0.3, -0.25) is 9.36 Å². The van der Waals surface area contributed by atoms with Crippen LogP contribution >= 0.6 is 0 Å². The number of nitrogens with two attached hydrogens (primary N) is 1. The third kappa shape index (κ3) is 4.45. The van der Waals surface area contributed by atoms with Gasteiger partial charge in [-0.1, -0.05) is 55.1 Å². The van der Waals surface area contributed by atoms with E-state index in [9.17, 15) is 4.79 Å². The molecule has 5 aromatic rings. The Balaban J connectivity index is 1.36. The van der Waals surface area contributed by atoms with Crippen molar-refractivity contribution in [3.63, 3.8) is 0 Å². The predicted molar refractivity (Wildman–Crippen MR) is 158 cm³/mol. The van der Waals surface area contributed by atoms with Gasteiger partial charge in [-0.2, -0.15) is 0 Å². The van der Waals surface area contributed by atoms with Gasteiger partial charge in [0.15, 0.2) is 11.5 Å². The zero-order chi connectivity index (χ0) is 27.6. The summed E-state index contributed by atoms with van der Waals surface area (Å²) in [5, 5.41) is 7.49. The lowest BCUT2D eigenvalue weighted by atomic mass is 9.90. The van der Waals surface area contributed by atoms with Gasteiger partial charge in [0.25, 0.3) is 5.91 Å². The van der Waals surface area contributed by atoms with Crippen LogP contribution in [-0.2, 0) is 4.79 Å². The van der Waals surface area contributed by atoms with Crippen molar-refractivity contribution in [3.05, 3.63) is 115 Å². The summed E-state index contributed by atoms with van der Waals surface area (Å²) in [7, 11) is 0. The summed E-state index contributed by atoms with van der Waals surface area (Å²) in [6.07, 6.45) is 5.83. The average molecular weight is 526 g/mol. The Hall–Kier alpha value is -5.37. The molecule has 0 unspecified atom stereocenters. The van der Waals surface area contributed by atoms with E-state index in [2.05, 4.69) is 35.8 Å². The largest absolute Gasteiger partial charge is 0.383 e. The molecule has 2 aromatic carbocycles. The molecule has 3 aromatic heterocycles. The van der Waals surface area contributed by atoms with Crippen molar-refractivity contribution in [2.24, 2.45) is 0 Å². The maximum atomic E-state index is 12.6. The highest BCUT2D eigenvalue weighted by Crippen LogP contribution is 2.33. The third-order valence-electron chi connectivity index (χ3n) is 7.14. The van der Waals surface area contributed by atoms with Gasteiger partial charge in [0.2, 0.25) is 0 Å². The second-order valence-electron chi connectivity index (χ2n) is 9.61. The number of carbonyl (C=O) groups is 1. The van der Waals surface area contributed by atoms with Crippen molar-refractivity contribution >= 4 is 29.1 Å².